The average molecular weight is 181 g/mol. The molecule has 0 radical (unpaired) electrons. The Morgan fingerprint density at radius 1 is 1.38 bits per heavy atom. The number of hydrogen-bond acceptors (Lipinski definition) is 1. The van der Waals surface area contributed by atoms with E-state index in [-0.39, 0.29) is 0 Å². The molecule has 2 rings (SSSR count). The van der Waals surface area contributed by atoms with Crippen LogP contribution in [0.3, 0.4) is 0 Å². The molecular formula is C11H19NO. The second-order valence-corrected chi connectivity index (χ2v) is 5.01. The Kier molecular flexibility index (Phi) is 2.31. The van der Waals surface area contributed by atoms with Crippen LogP contribution in [0.4, 0.5) is 0 Å². The molecule has 74 valence electrons. The molecule has 2 saturated carbocycles. The summed E-state index contributed by atoms with van der Waals surface area (Å²) in [5.74, 6) is 0.656. The number of amides is 1. The summed E-state index contributed by atoms with van der Waals surface area (Å²) >= 11 is 0. The van der Waals surface area contributed by atoms with Crippen molar-refractivity contribution in [2.24, 2.45) is 11.3 Å². The second-order valence-electron chi connectivity index (χ2n) is 5.01. The minimum absolute atomic E-state index is 0.305. The van der Waals surface area contributed by atoms with Crippen LogP contribution in [0.25, 0.3) is 0 Å². The van der Waals surface area contributed by atoms with Crippen molar-refractivity contribution in [1.82, 2.24) is 5.32 Å². The molecule has 0 bridgehead atoms. The van der Waals surface area contributed by atoms with Crippen molar-refractivity contribution < 1.29 is 4.79 Å². The maximum Gasteiger partial charge on any atom is 0.223 e. The molecule has 1 amide bonds. The fraction of sp³-hybridized carbons (Fsp3) is 0.909. The zero-order valence-electron chi connectivity index (χ0n) is 8.44. The third-order valence-electron chi connectivity index (χ3n) is 3.73. The van der Waals surface area contributed by atoms with Crippen LogP contribution in [0.2, 0.25) is 0 Å². The lowest BCUT2D eigenvalue weighted by atomic mass is 9.70. The third-order valence-corrected chi connectivity index (χ3v) is 3.73. The van der Waals surface area contributed by atoms with Crippen molar-refractivity contribution in [3.8, 4) is 0 Å². The molecule has 0 unspecified atom stereocenters. The highest BCUT2D eigenvalue weighted by atomic mass is 16.1. The molecule has 2 nitrogen and oxygen atoms in total. The Hall–Kier alpha value is -0.530. The first-order valence-electron chi connectivity index (χ1n) is 5.47. The zero-order valence-corrected chi connectivity index (χ0v) is 8.44. The first-order valence-corrected chi connectivity index (χ1v) is 5.47. The lowest BCUT2D eigenvalue weighted by Gasteiger charge is -2.39. The SMILES string of the molecule is CC1(CNC(=O)C2CCC2)CCC1. The van der Waals surface area contributed by atoms with Gasteiger partial charge < -0.3 is 5.32 Å². The number of rotatable bonds is 3. The van der Waals surface area contributed by atoms with Gasteiger partial charge in [-0.2, -0.15) is 0 Å². The molecule has 0 spiro atoms. The molecule has 0 heterocycles. The van der Waals surface area contributed by atoms with Gasteiger partial charge in [-0.3, -0.25) is 4.79 Å². The second kappa shape index (κ2) is 3.32. The van der Waals surface area contributed by atoms with E-state index in [9.17, 15) is 4.79 Å². The van der Waals surface area contributed by atoms with Crippen LogP contribution in [-0.2, 0) is 4.79 Å². The Morgan fingerprint density at radius 2 is 2.08 bits per heavy atom. The van der Waals surface area contributed by atoms with Crippen LogP contribution in [0.15, 0.2) is 0 Å². The summed E-state index contributed by atoms with van der Waals surface area (Å²) in [5.41, 5.74) is 0.430. The summed E-state index contributed by atoms with van der Waals surface area (Å²) in [4.78, 5) is 11.5. The molecule has 2 aliphatic rings. The fourth-order valence-electron chi connectivity index (χ4n) is 2.07. The van der Waals surface area contributed by atoms with Gasteiger partial charge in [-0.05, 0) is 31.1 Å². The highest BCUT2D eigenvalue weighted by Gasteiger charge is 2.33. The normalized spacial score (nSPS) is 25.9. The fourth-order valence-corrected chi connectivity index (χ4v) is 2.07. The smallest absolute Gasteiger partial charge is 0.223 e. The van der Waals surface area contributed by atoms with Crippen molar-refractivity contribution in [1.29, 1.82) is 0 Å². The quantitative estimate of drug-likeness (QED) is 0.709. The number of nitrogens with one attached hydrogen (secondary N) is 1. The summed E-state index contributed by atoms with van der Waals surface area (Å²) < 4.78 is 0. The summed E-state index contributed by atoms with van der Waals surface area (Å²) in [5, 5.41) is 3.09. The molecule has 2 fully saturated rings. The molecule has 2 aliphatic carbocycles. The van der Waals surface area contributed by atoms with E-state index in [0.717, 1.165) is 19.4 Å². The monoisotopic (exact) mass is 181 g/mol. The highest BCUT2D eigenvalue weighted by Crippen LogP contribution is 2.39. The Balaban J connectivity index is 1.69. The van der Waals surface area contributed by atoms with Crippen molar-refractivity contribution in [3.05, 3.63) is 0 Å². The third kappa shape index (κ3) is 1.87. The van der Waals surface area contributed by atoms with Crippen molar-refractivity contribution in [3.63, 3.8) is 0 Å². The molecule has 0 aliphatic heterocycles. The summed E-state index contributed by atoms with van der Waals surface area (Å²) in [6.07, 6.45) is 7.39. The van der Waals surface area contributed by atoms with Crippen LogP contribution in [0, 0.1) is 11.3 Å². The van der Waals surface area contributed by atoms with Gasteiger partial charge in [-0.25, -0.2) is 0 Å². The molecular weight excluding hydrogens is 162 g/mol. The van der Waals surface area contributed by atoms with E-state index < -0.39 is 0 Å². The van der Waals surface area contributed by atoms with Gasteiger partial charge >= 0.3 is 0 Å². The van der Waals surface area contributed by atoms with Crippen LogP contribution < -0.4 is 5.32 Å². The van der Waals surface area contributed by atoms with Gasteiger partial charge in [0.15, 0.2) is 0 Å². The summed E-state index contributed by atoms with van der Waals surface area (Å²) in [6.45, 7) is 3.18. The number of carbonyl (C=O) groups is 1. The van der Waals surface area contributed by atoms with E-state index in [1.54, 1.807) is 0 Å². The molecule has 0 saturated heterocycles. The van der Waals surface area contributed by atoms with Gasteiger partial charge in [-0.15, -0.1) is 0 Å². The van der Waals surface area contributed by atoms with Gasteiger partial charge in [0.05, 0.1) is 0 Å². The maximum atomic E-state index is 11.5. The van der Waals surface area contributed by atoms with Gasteiger partial charge in [-0.1, -0.05) is 19.8 Å². The number of carbonyl (C=O) groups excluding carboxylic acids is 1. The summed E-state index contributed by atoms with van der Waals surface area (Å²) in [6, 6.07) is 0. The molecule has 0 aromatic rings. The minimum Gasteiger partial charge on any atom is -0.355 e. The predicted molar refractivity (Wildman–Crippen MR) is 52.3 cm³/mol. The van der Waals surface area contributed by atoms with E-state index >= 15 is 0 Å². The van der Waals surface area contributed by atoms with Gasteiger partial charge in [0.1, 0.15) is 0 Å². The minimum atomic E-state index is 0.305. The first-order chi connectivity index (χ1) is 6.20. The molecule has 0 aromatic carbocycles. The first kappa shape index (κ1) is 9.04. The van der Waals surface area contributed by atoms with E-state index in [0.29, 0.717) is 17.2 Å². The van der Waals surface area contributed by atoms with Crippen molar-refractivity contribution >= 4 is 5.91 Å². The average Bonchev–Trinajstić information content (AvgIpc) is 1.94. The molecule has 0 aromatic heterocycles. The lowest BCUT2D eigenvalue weighted by Crippen LogP contribution is -2.43. The van der Waals surface area contributed by atoms with Crippen LogP contribution >= 0.6 is 0 Å². The standard InChI is InChI=1S/C11H19NO/c1-11(6-3-7-11)8-12-10(13)9-4-2-5-9/h9H,2-8H2,1H3,(H,12,13). The lowest BCUT2D eigenvalue weighted by molar-refractivity contribution is -0.128. The Morgan fingerprint density at radius 3 is 2.46 bits per heavy atom. The Labute approximate surface area is 80.1 Å². The molecule has 13 heavy (non-hydrogen) atoms. The topological polar surface area (TPSA) is 29.1 Å². The van der Waals surface area contributed by atoms with Crippen LogP contribution in [0.5, 0.6) is 0 Å². The molecule has 0 atom stereocenters. The van der Waals surface area contributed by atoms with E-state index in [1.165, 1.54) is 25.7 Å². The van der Waals surface area contributed by atoms with E-state index in [2.05, 4.69) is 12.2 Å². The molecule has 2 heteroatoms. The van der Waals surface area contributed by atoms with Crippen molar-refractivity contribution in [2.45, 2.75) is 45.4 Å². The van der Waals surface area contributed by atoms with Gasteiger partial charge in [0.2, 0.25) is 5.91 Å². The number of hydrogen-bond donors (Lipinski definition) is 1. The largest absolute Gasteiger partial charge is 0.355 e. The van der Waals surface area contributed by atoms with Crippen LogP contribution in [-0.4, -0.2) is 12.5 Å². The van der Waals surface area contributed by atoms with E-state index in [4.69, 9.17) is 0 Å². The maximum absolute atomic E-state index is 11.5. The highest BCUT2D eigenvalue weighted by molar-refractivity contribution is 5.79. The predicted octanol–water partition coefficient (Wildman–Crippen LogP) is 2.09. The van der Waals surface area contributed by atoms with Crippen LogP contribution in [0.1, 0.15) is 45.4 Å². The van der Waals surface area contributed by atoms with Gasteiger partial charge in [0, 0.05) is 12.5 Å². The molecule has 1 N–H and O–H groups in total. The zero-order chi connectivity index (χ0) is 9.31. The van der Waals surface area contributed by atoms with E-state index in [1.807, 2.05) is 0 Å². The Bertz CT molecular complexity index is 204. The van der Waals surface area contributed by atoms with Crippen molar-refractivity contribution in [2.75, 3.05) is 6.54 Å². The van der Waals surface area contributed by atoms with Gasteiger partial charge in [0.25, 0.3) is 0 Å². The summed E-state index contributed by atoms with van der Waals surface area (Å²) in [7, 11) is 0.